The maximum atomic E-state index is 3.83. The highest BCUT2D eigenvalue weighted by Gasteiger charge is 2.10. The van der Waals surface area contributed by atoms with E-state index in [-0.39, 0.29) is 0 Å². The lowest BCUT2D eigenvalue weighted by atomic mass is 9.92. The van der Waals surface area contributed by atoms with Crippen molar-refractivity contribution in [2.75, 3.05) is 0 Å². The van der Waals surface area contributed by atoms with Gasteiger partial charge in [0, 0.05) is 5.56 Å². The Morgan fingerprint density at radius 2 is 2.00 bits per heavy atom. The first kappa shape index (κ1) is 14.8. The maximum absolute atomic E-state index is 3.83. The van der Waals surface area contributed by atoms with Crippen LogP contribution in [0.4, 0.5) is 0 Å². The number of allylic oxidation sites excluding steroid dienone is 1. The largest absolute Gasteiger partial charge is 0.129 e. The van der Waals surface area contributed by atoms with E-state index in [9.17, 15) is 0 Å². The van der Waals surface area contributed by atoms with Crippen LogP contribution in [0.3, 0.4) is 0 Å². The van der Waals surface area contributed by atoms with E-state index >= 15 is 0 Å². The molecule has 0 aliphatic carbocycles. The van der Waals surface area contributed by atoms with Crippen molar-refractivity contribution in [1.82, 2.24) is 0 Å². The summed E-state index contributed by atoms with van der Waals surface area (Å²) < 4.78 is 0. The zero-order valence-electron chi connectivity index (χ0n) is 12.3. The number of hydrogen-bond donors (Lipinski definition) is 0. The summed E-state index contributed by atoms with van der Waals surface area (Å²) in [6.07, 6.45) is 2.99. The summed E-state index contributed by atoms with van der Waals surface area (Å²) in [7, 11) is -1.31. The van der Waals surface area contributed by atoms with Crippen molar-refractivity contribution < 1.29 is 0 Å². The van der Waals surface area contributed by atoms with Gasteiger partial charge in [-0.25, -0.2) is 0 Å². The Morgan fingerprint density at radius 3 is 2.56 bits per heavy atom. The topological polar surface area (TPSA) is 0 Å². The first-order chi connectivity index (χ1) is 8.33. The number of aryl methyl sites for hydroxylation is 1. The molecule has 0 fully saturated rings. The molecule has 0 saturated carbocycles. The number of rotatable bonds is 3. The van der Waals surface area contributed by atoms with Crippen molar-refractivity contribution in [3.05, 3.63) is 47.5 Å². The SMILES string of the molecule is C=CC[C@H](C)c1ccc(C)cc1C#C[Si](C)(C)C. The molecule has 0 nitrogen and oxygen atoms in total. The summed E-state index contributed by atoms with van der Waals surface area (Å²) in [5.74, 6) is 3.91. The molecule has 0 aromatic heterocycles. The molecule has 0 amide bonds. The molecule has 1 rings (SSSR count). The van der Waals surface area contributed by atoms with E-state index in [1.165, 1.54) is 16.7 Å². The Balaban J connectivity index is 3.18. The van der Waals surface area contributed by atoms with Gasteiger partial charge in [-0.15, -0.1) is 12.1 Å². The van der Waals surface area contributed by atoms with Crippen LogP contribution in [0.25, 0.3) is 0 Å². The highest BCUT2D eigenvalue weighted by atomic mass is 28.3. The molecule has 0 aliphatic heterocycles. The Morgan fingerprint density at radius 1 is 1.33 bits per heavy atom. The van der Waals surface area contributed by atoms with E-state index in [0.29, 0.717) is 5.92 Å². The molecule has 1 atom stereocenters. The van der Waals surface area contributed by atoms with Crippen molar-refractivity contribution in [3.63, 3.8) is 0 Å². The second kappa shape index (κ2) is 6.07. The molecule has 18 heavy (non-hydrogen) atoms. The van der Waals surface area contributed by atoms with Gasteiger partial charge in [0.1, 0.15) is 8.07 Å². The van der Waals surface area contributed by atoms with Crippen molar-refractivity contribution in [1.29, 1.82) is 0 Å². The van der Waals surface area contributed by atoms with E-state index < -0.39 is 8.07 Å². The van der Waals surface area contributed by atoms with Crippen LogP contribution in [0.1, 0.15) is 36.0 Å². The summed E-state index contributed by atoms with van der Waals surface area (Å²) in [5.41, 5.74) is 7.30. The van der Waals surface area contributed by atoms with Gasteiger partial charge in [-0.2, -0.15) is 0 Å². The Hall–Kier alpha value is -1.26. The molecule has 0 aliphatic rings. The third-order valence-electron chi connectivity index (χ3n) is 2.83. The summed E-state index contributed by atoms with van der Waals surface area (Å²) in [6, 6.07) is 6.61. The van der Waals surface area contributed by atoms with E-state index in [0.717, 1.165) is 6.42 Å². The maximum Gasteiger partial charge on any atom is 0.129 e. The fourth-order valence-electron chi connectivity index (χ4n) is 1.84. The predicted octanol–water partition coefficient (Wildman–Crippen LogP) is 4.90. The monoisotopic (exact) mass is 256 g/mol. The van der Waals surface area contributed by atoms with Gasteiger partial charge in [0.2, 0.25) is 0 Å². The molecule has 0 unspecified atom stereocenters. The minimum absolute atomic E-state index is 0.494. The van der Waals surface area contributed by atoms with Crippen LogP contribution in [0.5, 0.6) is 0 Å². The molecule has 96 valence electrons. The first-order valence-corrected chi connectivity index (χ1v) is 10.1. The van der Waals surface area contributed by atoms with E-state index in [4.69, 9.17) is 0 Å². The molecule has 1 aromatic rings. The van der Waals surface area contributed by atoms with Gasteiger partial charge in [-0.1, -0.05) is 50.7 Å². The molecule has 0 saturated heterocycles. The van der Waals surface area contributed by atoms with Crippen LogP contribution in [0, 0.1) is 18.4 Å². The van der Waals surface area contributed by atoms with Crippen LogP contribution in [0.2, 0.25) is 19.6 Å². The van der Waals surface area contributed by atoms with Gasteiger partial charge >= 0.3 is 0 Å². The van der Waals surface area contributed by atoms with E-state index in [2.05, 4.69) is 69.7 Å². The lowest BCUT2D eigenvalue weighted by molar-refractivity contribution is 0.779. The van der Waals surface area contributed by atoms with E-state index in [1.54, 1.807) is 0 Å². The normalized spacial score (nSPS) is 12.5. The summed E-state index contributed by atoms with van der Waals surface area (Å²) in [4.78, 5) is 0. The third kappa shape index (κ3) is 4.54. The van der Waals surface area contributed by atoms with Crippen molar-refractivity contribution in [3.8, 4) is 11.5 Å². The molecule has 0 bridgehead atoms. The highest BCUT2D eigenvalue weighted by molar-refractivity contribution is 6.83. The molecule has 0 spiro atoms. The number of hydrogen-bond acceptors (Lipinski definition) is 0. The Bertz CT molecular complexity index is 481. The standard InChI is InChI=1S/C17H24Si/c1-7-8-15(3)17-10-9-14(2)13-16(17)11-12-18(4,5)6/h7,9-10,13,15H,1,8H2,2-6H3/t15-/m0/s1. The van der Waals surface area contributed by atoms with Gasteiger partial charge in [0.25, 0.3) is 0 Å². The van der Waals surface area contributed by atoms with Crippen LogP contribution in [0.15, 0.2) is 30.9 Å². The summed E-state index contributed by atoms with van der Waals surface area (Å²) in [6.45, 7) is 15.0. The predicted molar refractivity (Wildman–Crippen MR) is 84.6 cm³/mol. The molecular formula is C17H24Si. The lowest BCUT2D eigenvalue weighted by Crippen LogP contribution is -2.16. The smallest absolute Gasteiger partial charge is 0.127 e. The zero-order valence-corrected chi connectivity index (χ0v) is 13.3. The average molecular weight is 256 g/mol. The average Bonchev–Trinajstić information content (AvgIpc) is 2.25. The first-order valence-electron chi connectivity index (χ1n) is 6.58. The van der Waals surface area contributed by atoms with E-state index in [1.807, 2.05) is 6.08 Å². The molecule has 1 heteroatoms. The Kier molecular flexibility index (Phi) is 4.99. The molecule has 0 heterocycles. The molecule has 1 aromatic carbocycles. The van der Waals surface area contributed by atoms with Crippen molar-refractivity contribution >= 4 is 8.07 Å². The molecular weight excluding hydrogens is 232 g/mol. The molecule has 0 N–H and O–H groups in total. The van der Waals surface area contributed by atoms with Gasteiger partial charge < -0.3 is 0 Å². The second-order valence-electron chi connectivity index (χ2n) is 6.02. The number of benzene rings is 1. The minimum atomic E-state index is -1.31. The minimum Gasteiger partial charge on any atom is -0.127 e. The van der Waals surface area contributed by atoms with Gasteiger partial charge in [-0.3, -0.25) is 0 Å². The second-order valence-corrected chi connectivity index (χ2v) is 10.8. The van der Waals surface area contributed by atoms with Crippen LogP contribution < -0.4 is 0 Å². The quantitative estimate of drug-likeness (QED) is 0.410. The van der Waals surface area contributed by atoms with Gasteiger partial charge in [0.15, 0.2) is 0 Å². The summed E-state index contributed by atoms with van der Waals surface area (Å²) >= 11 is 0. The fourth-order valence-corrected chi connectivity index (χ4v) is 2.35. The van der Waals surface area contributed by atoms with Crippen LogP contribution in [-0.2, 0) is 0 Å². The van der Waals surface area contributed by atoms with Crippen LogP contribution >= 0.6 is 0 Å². The van der Waals surface area contributed by atoms with Crippen LogP contribution in [-0.4, -0.2) is 8.07 Å². The zero-order chi connectivity index (χ0) is 13.8. The fraction of sp³-hybridized carbons (Fsp3) is 0.412. The Labute approximate surface area is 113 Å². The van der Waals surface area contributed by atoms with Gasteiger partial charge in [0.05, 0.1) is 0 Å². The van der Waals surface area contributed by atoms with Crippen molar-refractivity contribution in [2.45, 2.75) is 45.8 Å². The molecule has 0 radical (unpaired) electrons. The summed E-state index contributed by atoms with van der Waals surface area (Å²) in [5, 5.41) is 0. The third-order valence-corrected chi connectivity index (χ3v) is 3.71. The van der Waals surface area contributed by atoms with Gasteiger partial charge in [-0.05, 0) is 36.5 Å². The highest BCUT2D eigenvalue weighted by Crippen LogP contribution is 2.24. The lowest BCUT2D eigenvalue weighted by Gasteiger charge is -2.13. The van der Waals surface area contributed by atoms with Crippen molar-refractivity contribution in [2.24, 2.45) is 0 Å².